The van der Waals surface area contributed by atoms with Crippen LogP contribution in [0, 0.1) is 12.3 Å². The van der Waals surface area contributed by atoms with Crippen LogP contribution in [0.2, 0.25) is 0 Å². The molecule has 4 rings (SSSR count). The van der Waals surface area contributed by atoms with Gasteiger partial charge < -0.3 is 5.32 Å². The Balaban J connectivity index is 1.85. The lowest BCUT2D eigenvalue weighted by atomic mass is 10.0. The van der Waals surface area contributed by atoms with Crippen LogP contribution in [0.3, 0.4) is 0 Å². The van der Waals surface area contributed by atoms with E-state index in [4.69, 9.17) is 6.42 Å². The first-order valence-corrected chi connectivity index (χ1v) is 9.69. The van der Waals surface area contributed by atoms with Gasteiger partial charge in [-0.2, -0.15) is 0 Å². The number of thiazole rings is 1. The van der Waals surface area contributed by atoms with E-state index >= 15 is 0 Å². The number of pyridine rings is 1. The van der Waals surface area contributed by atoms with Gasteiger partial charge in [0.05, 0.1) is 15.9 Å². The van der Waals surface area contributed by atoms with Gasteiger partial charge in [0.15, 0.2) is 5.13 Å². The first-order chi connectivity index (χ1) is 14.2. The maximum atomic E-state index is 11.9. The zero-order valence-corrected chi connectivity index (χ0v) is 16.3. The number of amides is 2. The summed E-state index contributed by atoms with van der Waals surface area (Å²) in [6.07, 6.45) is 10.5. The molecule has 4 aromatic rings. The molecule has 3 aromatic heterocycles. The Morgan fingerprint density at radius 1 is 1.17 bits per heavy atom. The highest BCUT2D eigenvalue weighted by Gasteiger charge is 2.15. The summed E-state index contributed by atoms with van der Waals surface area (Å²) in [5.74, 6) is 2.75. The zero-order valence-electron chi connectivity index (χ0n) is 15.5. The average Bonchev–Trinajstić information content (AvgIpc) is 3.16. The Labute approximate surface area is 171 Å². The summed E-state index contributed by atoms with van der Waals surface area (Å²) < 4.78 is 0.931. The van der Waals surface area contributed by atoms with Gasteiger partial charge in [-0.15, -0.1) is 6.42 Å². The van der Waals surface area contributed by atoms with Gasteiger partial charge in [0.2, 0.25) is 5.82 Å². The lowest BCUT2D eigenvalue weighted by molar-refractivity contribution is 0.252. The minimum absolute atomic E-state index is 0.288. The quantitative estimate of drug-likeness (QED) is 0.506. The van der Waals surface area contributed by atoms with E-state index in [9.17, 15) is 4.79 Å². The van der Waals surface area contributed by atoms with Crippen LogP contribution in [-0.2, 0) is 0 Å². The van der Waals surface area contributed by atoms with Crippen molar-refractivity contribution in [1.82, 2.24) is 25.3 Å². The Hall–Kier alpha value is -3.83. The summed E-state index contributed by atoms with van der Waals surface area (Å²) in [6.45, 7) is 2.39. The summed E-state index contributed by atoms with van der Waals surface area (Å²) >= 11 is 1.40. The molecule has 0 fully saturated rings. The van der Waals surface area contributed by atoms with Gasteiger partial charge in [-0.1, -0.05) is 17.4 Å². The van der Waals surface area contributed by atoms with Crippen molar-refractivity contribution in [3.8, 4) is 34.7 Å². The normalized spacial score (nSPS) is 10.5. The van der Waals surface area contributed by atoms with Crippen LogP contribution in [0.15, 0.2) is 48.9 Å². The third-order valence-corrected chi connectivity index (χ3v) is 5.12. The lowest BCUT2D eigenvalue weighted by Crippen LogP contribution is -2.28. The Morgan fingerprint density at radius 2 is 2.00 bits per heavy atom. The molecule has 0 saturated carbocycles. The summed E-state index contributed by atoms with van der Waals surface area (Å²) in [4.78, 5) is 29.3. The van der Waals surface area contributed by atoms with E-state index in [0.29, 0.717) is 17.5 Å². The van der Waals surface area contributed by atoms with Crippen LogP contribution in [0.25, 0.3) is 32.6 Å². The van der Waals surface area contributed by atoms with E-state index in [0.717, 1.165) is 32.6 Å². The fraction of sp³-hybridized carbons (Fsp3) is 0.0952. The zero-order chi connectivity index (χ0) is 20.2. The van der Waals surface area contributed by atoms with Crippen molar-refractivity contribution in [2.75, 3.05) is 11.9 Å². The SMILES string of the molecule is C#Cc1ncc(-c2cc(-c3ccccn3)c3sc(NC(=O)NCC)nc3c2)cn1. The number of fused-ring (bicyclic) bond motifs is 1. The molecule has 0 spiro atoms. The van der Waals surface area contributed by atoms with Crippen LogP contribution in [0.1, 0.15) is 12.7 Å². The van der Waals surface area contributed by atoms with Gasteiger partial charge in [-0.25, -0.2) is 19.7 Å². The molecule has 8 heteroatoms. The second-order valence-electron chi connectivity index (χ2n) is 6.03. The number of carbonyl (C=O) groups excluding carboxylic acids is 1. The van der Waals surface area contributed by atoms with Crippen LogP contribution in [-0.4, -0.2) is 32.5 Å². The molecule has 1 aromatic carbocycles. The van der Waals surface area contributed by atoms with Crippen molar-refractivity contribution >= 4 is 32.7 Å². The van der Waals surface area contributed by atoms with Gasteiger partial charge in [-0.3, -0.25) is 10.3 Å². The third kappa shape index (κ3) is 3.90. The Kier molecular flexibility index (Phi) is 5.14. The number of rotatable bonds is 4. The molecule has 0 atom stereocenters. The van der Waals surface area contributed by atoms with Crippen molar-refractivity contribution in [3.05, 3.63) is 54.7 Å². The molecule has 0 unspecified atom stereocenters. The van der Waals surface area contributed by atoms with Crippen molar-refractivity contribution in [2.24, 2.45) is 0 Å². The summed E-state index contributed by atoms with van der Waals surface area (Å²) in [5.41, 5.74) is 4.18. The Bertz CT molecular complexity index is 1210. The molecule has 0 aliphatic heterocycles. The average molecular weight is 400 g/mol. The molecule has 0 saturated heterocycles. The number of anilines is 1. The number of nitrogens with zero attached hydrogens (tertiary/aromatic N) is 4. The smallest absolute Gasteiger partial charge is 0.321 e. The fourth-order valence-corrected chi connectivity index (χ4v) is 3.78. The van der Waals surface area contributed by atoms with E-state index in [1.54, 1.807) is 18.6 Å². The molecular weight excluding hydrogens is 384 g/mol. The van der Waals surface area contributed by atoms with E-state index in [1.165, 1.54) is 11.3 Å². The molecule has 0 bridgehead atoms. The second kappa shape index (κ2) is 8.04. The summed E-state index contributed by atoms with van der Waals surface area (Å²) in [5, 5.41) is 5.99. The van der Waals surface area contributed by atoms with E-state index in [1.807, 2.05) is 37.3 Å². The number of urea groups is 1. The number of nitrogens with one attached hydrogen (secondary N) is 2. The number of benzene rings is 1. The molecule has 29 heavy (non-hydrogen) atoms. The van der Waals surface area contributed by atoms with Gasteiger partial charge in [-0.05, 0) is 42.7 Å². The highest BCUT2D eigenvalue weighted by atomic mass is 32.1. The van der Waals surface area contributed by atoms with Crippen LogP contribution < -0.4 is 10.6 Å². The predicted molar refractivity (Wildman–Crippen MR) is 115 cm³/mol. The van der Waals surface area contributed by atoms with Crippen molar-refractivity contribution < 1.29 is 4.79 Å². The highest BCUT2D eigenvalue weighted by molar-refractivity contribution is 7.22. The largest absolute Gasteiger partial charge is 0.338 e. The molecular formula is C21H16N6OS. The standard InChI is InChI=1S/C21H16N6OS/c1-3-18-24-11-14(12-25-18)13-9-15(16-7-5-6-8-23-16)19-17(10-13)26-21(29-19)27-20(28)22-4-2/h1,5-12H,4H2,2H3,(H2,22,26,27,28). The van der Waals surface area contributed by atoms with Crippen LogP contribution in [0.5, 0.6) is 0 Å². The maximum Gasteiger partial charge on any atom is 0.321 e. The molecule has 2 N–H and O–H groups in total. The molecule has 142 valence electrons. The van der Waals surface area contributed by atoms with Gasteiger partial charge >= 0.3 is 6.03 Å². The van der Waals surface area contributed by atoms with Gasteiger partial charge in [0.25, 0.3) is 0 Å². The van der Waals surface area contributed by atoms with E-state index in [2.05, 4.69) is 36.5 Å². The first-order valence-electron chi connectivity index (χ1n) is 8.88. The number of aromatic nitrogens is 4. The molecule has 2 amide bonds. The fourth-order valence-electron chi connectivity index (χ4n) is 2.82. The number of hydrogen-bond donors (Lipinski definition) is 2. The topological polar surface area (TPSA) is 92.7 Å². The third-order valence-electron chi connectivity index (χ3n) is 4.10. The first kappa shape index (κ1) is 18.5. The van der Waals surface area contributed by atoms with Gasteiger partial charge in [0.1, 0.15) is 0 Å². The molecule has 3 heterocycles. The van der Waals surface area contributed by atoms with Crippen molar-refractivity contribution in [3.63, 3.8) is 0 Å². The predicted octanol–water partition coefficient (Wildman–Crippen LogP) is 3.94. The maximum absolute atomic E-state index is 11.9. The molecule has 0 aliphatic carbocycles. The molecule has 0 aliphatic rings. The van der Waals surface area contributed by atoms with E-state index < -0.39 is 0 Å². The minimum Gasteiger partial charge on any atom is -0.338 e. The molecule has 0 radical (unpaired) electrons. The van der Waals surface area contributed by atoms with Crippen molar-refractivity contribution in [1.29, 1.82) is 0 Å². The lowest BCUT2D eigenvalue weighted by Gasteiger charge is -2.06. The minimum atomic E-state index is -0.288. The summed E-state index contributed by atoms with van der Waals surface area (Å²) in [6, 6.07) is 9.41. The van der Waals surface area contributed by atoms with E-state index in [-0.39, 0.29) is 6.03 Å². The van der Waals surface area contributed by atoms with Crippen LogP contribution >= 0.6 is 11.3 Å². The number of terminal acetylenes is 1. The monoisotopic (exact) mass is 400 g/mol. The molecule has 7 nitrogen and oxygen atoms in total. The van der Waals surface area contributed by atoms with Crippen molar-refractivity contribution in [2.45, 2.75) is 6.92 Å². The summed E-state index contributed by atoms with van der Waals surface area (Å²) in [7, 11) is 0. The highest BCUT2D eigenvalue weighted by Crippen LogP contribution is 2.37. The Morgan fingerprint density at radius 3 is 2.69 bits per heavy atom. The number of carbonyl (C=O) groups is 1. The second-order valence-corrected chi connectivity index (χ2v) is 7.03. The number of hydrogen-bond acceptors (Lipinski definition) is 6. The van der Waals surface area contributed by atoms with Gasteiger partial charge in [0, 0.05) is 36.3 Å². The van der Waals surface area contributed by atoms with Crippen LogP contribution in [0.4, 0.5) is 9.93 Å².